The van der Waals surface area contributed by atoms with Gasteiger partial charge in [0.1, 0.15) is 11.9 Å². The van der Waals surface area contributed by atoms with Crippen LogP contribution in [0.3, 0.4) is 0 Å². The molecule has 0 aliphatic carbocycles. The average molecular weight is 318 g/mol. The van der Waals surface area contributed by atoms with Gasteiger partial charge in [0.2, 0.25) is 5.91 Å². The van der Waals surface area contributed by atoms with Crippen molar-refractivity contribution < 1.29 is 9.53 Å². The molecule has 0 saturated carbocycles. The van der Waals surface area contributed by atoms with E-state index in [1.807, 2.05) is 15.7 Å². The molecule has 8 nitrogen and oxygen atoms in total. The summed E-state index contributed by atoms with van der Waals surface area (Å²) in [5, 5.41) is 7.16. The summed E-state index contributed by atoms with van der Waals surface area (Å²) in [7, 11) is 0. The Morgan fingerprint density at radius 2 is 2.43 bits per heavy atom. The molecule has 0 radical (unpaired) electrons. The van der Waals surface area contributed by atoms with Crippen LogP contribution in [-0.2, 0) is 22.5 Å². The maximum Gasteiger partial charge on any atom is 0.224 e. The summed E-state index contributed by atoms with van der Waals surface area (Å²) < 4.78 is 7.64. The molecule has 3 heterocycles. The molecule has 1 N–H and O–H groups in total. The Bertz CT molecular complexity index is 624. The number of nitrogens with one attached hydrogen (secondary N) is 1. The van der Waals surface area contributed by atoms with Crippen LogP contribution in [0.5, 0.6) is 0 Å². The van der Waals surface area contributed by atoms with Crippen LogP contribution in [0.1, 0.15) is 37.5 Å². The number of imidazole rings is 1. The maximum atomic E-state index is 12.4. The summed E-state index contributed by atoms with van der Waals surface area (Å²) in [6, 6.07) is 0. The Hall–Kier alpha value is -2.22. The lowest BCUT2D eigenvalue weighted by atomic mass is 10.2. The summed E-state index contributed by atoms with van der Waals surface area (Å²) in [6.07, 6.45) is 7.38. The molecule has 0 aromatic carbocycles. The van der Waals surface area contributed by atoms with Crippen molar-refractivity contribution in [3.05, 3.63) is 30.4 Å². The van der Waals surface area contributed by atoms with E-state index in [-0.39, 0.29) is 12.0 Å². The van der Waals surface area contributed by atoms with E-state index in [0.29, 0.717) is 38.5 Å². The third-order valence-electron chi connectivity index (χ3n) is 3.89. The minimum Gasteiger partial charge on any atom is -0.366 e. The molecule has 1 unspecified atom stereocenters. The van der Waals surface area contributed by atoms with Crippen LogP contribution in [0.15, 0.2) is 18.7 Å². The molecule has 0 spiro atoms. The van der Waals surface area contributed by atoms with Crippen LogP contribution >= 0.6 is 0 Å². The second-order valence-corrected chi connectivity index (χ2v) is 5.64. The highest BCUT2D eigenvalue weighted by Crippen LogP contribution is 2.20. The van der Waals surface area contributed by atoms with Crippen LogP contribution in [0.4, 0.5) is 0 Å². The van der Waals surface area contributed by atoms with Crippen molar-refractivity contribution in [1.29, 1.82) is 0 Å². The number of nitrogens with zero attached hydrogens (tertiary/aromatic N) is 5. The molecule has 1 fully saturated rings. The largest absolute Gasteiger partial charge is 0.366 e. The van der Waals surface area contributed by atoms with E-state index in [2.05, 4.69) is 27.1 Å². The third-order valence-corrected chi connectivity index (χ3v) is 3.89. The number of aromatic nitrogens is 5. The Kier molecular flexibility index (Phi) is 5.02. The van der Waals surface area contributed by atoms with Crippen molar-refractivity contribution in [2.45, 2.75) is 38.8 Å². The minimum absolute atomic E-state index is 0.122. The molecule has 1 amide bonds. The number of ether oxygens (including phenoxy) is 1. The second-order valence-electron chi connectivity index (χ2n) is 5.64. The highest BCUT2D eigenvalue weighted by molar-refractivity contribution is 5.76. The van der Waals surface area contributed by atoms with E-state index in [9.17, 15) is 4.79 Å². The van der Waals surface area contributed by atoms with Crippen molar-refractivity contribution in [2.75, 3.05) is 19.7 Å². The predicted molar refractivity (Wildman–Crippen MR) is 82.5 cm³/mol. The minimum atomic E-state index is -0.247. The molecule has 124 valence electrons. The first-order valence-electron chi connectivity index (χ1n) is 8.02. The van der Waals surface area contributed by atoms with Gasteiger partial charge < -0.3 is 14.2 Å². The highest BCUT2D eigenvalue weighted by atomic mass is 16.5. The van der Waals surface area contributed by atoms with Crippen molar-refractivity contribution in [1.82, 2.24) is 29.6 Å². The number of carbonyl (C=O) groups is 1. The zero-order chi connectivity index (χ0) is 16.1. The van der Waals surface area contributed by atoms with Crippen molar-refractivity contribution in [3.63, 3.8) is 0 Å². The number of H-pyrrole nitrogens is 1. The molecule has 23 heavy (non-hydrogen) atoms. The van der Waals surface area contributed by atoms with Crippen molar-refractivity contribution in [3.8, 4) is 0 Å². The Morgan fingerprint density at radius 3 is 3.22 bits per heavy atom. The molecule has 1 atom stereocenters. The van der Waals surface area contributed by atoms with Crippen LogP contribution in [0.2, 0.25) is 0 Å². The van der Waals surface area contributed by atoms with E-state index in [4.69, 9.17) is 4.74 Å². The normalized spacial score (nSPS) is 18.3. The third kappa shape index (κ3) is 3.95. The molecular weight excluding hydrogens is 296 g/mol. The number of morpholine rings is 1. The lowest BCUT2D eigenvalue weighted by molar-refractivity contribution is -0.139. The summed E-state index contributed by atoms with van der Waals surface area (Å²) in [5.41, 5.74) is 0. The second kappa shape index (κ2) is 7.36. The van der Waals surface area contributed by atoms with E-state index < -0.39 is 0 Å². The van der Waals surface area contributed by atoms with Crippen LogP contribution in [-0.4, -0.2) is 55.2 Å². The summed E-state index contributed by atoms with van der Waals surface area (Å²) >= 11 is 0. The van der Waals surface area contributed by atoms with Gasteiger partial charge in [0.15, 0.2) is 5.82 Å². The zero-order valence-electron chi connectivity index (χ0n) is 13.3. The molecule has 1 saturated heterocycles. The first-order valence-corrected chi connectivity index (χ1v) is 8.02. The van der Waals surface area contributed by atoms with Gasteiger partial charge in [-0.15, -0.1) is 0 Å². The fourth-order valence-corrected chi connectivity index (χ4v) is 2.64. The van der Waals surface area contributed by atoms with Gasteiger partial charge in [-0.05, 0) is 6.42 Å². The topological polar surface area (TPSA) is 88.9 Å². The molecule has 1 aliphatic rings. The summed E-state index contributed by atoms with van der Waals surface area (Å²) in [6.45, 7) is 4.37. The van der Waals surface area contributed by atoms with E-state index >= 15 is 0 Å². The number of rotatable bonds is 6. The Balaban J connectivity index is 1.55. The molecule has 8 heteroatoms. The van der Waals surface area contributed by atoms with Crippen LogP contribution < -0.4 is 0 Å². The van der Waals surface area contributed by atoms with Gasteiger partial charge in [0, 0.05) is 38.3 Å². The van der Waals surface area contributed by atoms with Crippen molar-refractivity contribution in [2.24, 2.45) is 0 Å². The molecule has 2 aromatic rings. The quantitative estimate of drug-likeness (QED) is 0.856. The van der Waals surface area contributed by atoms with Gasteiger partial charge in [-0.1, -0.05) is 6.92 Å². The first-order chi connectivity index (χ1) is 11.3. The number of hydrogen-bond acceptors (Lipinski definition) is 5. The SMILES string of the molecule is CCCc1nc(C2CN(C(=O)CCn3ccnc3)CCO2)n[nH]1. The van der Waals surface area contributed by atoms with Gasteiger partial charge in [-0.2, -0.15) is 5.10 Å². The van der Waals surface area contributed by atoms with Crippen LogP contribution in [0, 0.1) is 0 Å². The number of aryl methyl sites for hydroxylation is 2. The molecule has 3 rings (SSSR count). The number of hydrogen-bond donors (Lipinski definition) is 1. The molecule has 1 aliphatic heterocycles. The zero-order valence-corrected chi connectivity index (χ0v) is 13.3. The highest BCUT2D eigenvalue weighted by Gasteiger charge is 2.27. The molecular formula is C15H22N6O2. The van der Waals surface area contributed by atoms with Gasteiger partial charge in [-0.3, -0.25) is 9.89 Å². The monoisotopic (exact) mass is 318 g/mol. The Labute approximate surface area is 134 Å². The molecule has 0 bridgehead atoms. The maximum absolute atomic E-state index is 12.4. The van der Waals surface area contributed by atoms with Crippen molar-refractivity contribution >= 4 is 5.91 Å². The van der Waals surface area contributed by atoms with E-state index in [1.54, 1.807) is 12.5 Å². The summed E-state index contributed by atoms with van der Waals surface area (Å²) in [4.78, 5) is 22.6. The first kappa shape index (κ1) is 15.7. The lowest BCUT2D eigenvalue weighted by Crippen LogP contribution is -2.42. The summed E-state index contributed by atoms with van der Waals surface area (Å²) in [5.74, 6) is 1.63. The standard InChI is InChI=1S/C15H22N6O2/c1-2-3-13-17-15(19-18-13)12-10-21(8-9-23-12)14(22)4-6-20-7-5-16-11-20/h5,7,11-12H,2-4,6,8-10H2,1H3,(H,17,18,19). The molecule has 2 aromatic heterocycles. The average Bonchev–Trinajstić information content (AvgIpc) is 3.25. The predicted octanol–water partition coefficient (Wildman–Crippen LogP) is 0.944. The number of carbonyl (C=O) groups excluding carboxylic acids is 1. The Morgan fingerprint density at radius 1 is 1.52 bits per heavy atom. The fraction of sp³-hybridized carbons (Fsp3) is 0.600. The van der Waals surface area contributed by atoms with Gasteiger partial charge in [-0.25, -0.2) is 9.97 Å². The van der Waals surface area contributed by atoms with Crippen LogP contribution in [0.25, 0.3) is 0 Å². The lowest BCUT2D eigenvalue weighted by Gasteiger charge is -2.31. The van der Waals surface area contributed by atoms with Gasteiger partial charge >= 0.3 is 0 Å². The fourth-order valence-electron chi connectivity index (χ4n) is 2.64. The number of aromatic amines is 1. The van der Waals surface area contributed by atoms with E-state index in [0.717, 1.165) is 18.7 Å². The van der Waals surface area contributed by atoms with E-state index in [1.165, 1.54) is 0 Å². The number of amides is 1. The van der Waals surface area contributed by atoms with Gasteiger partial charge in [0.25, 0.3) is 0 Å². The van der Waals surface area contributed by atoms with Gasteiger partial charge in [0.05, 0.1) is 19.5 Å². The smallest absolute Gasteiger partial charge is 0.224 e.